The van der Waals surface area contributed by atoms with Crippen LogP contribution < -0.4 is 15.6 Å². The Kier molecular flexibility index (Phi) is 4.63. The molecule has 1 fully saturated rings. The molecule has 0 saturated carbocycles. The Morgan fingerprint density at radius 3 is 2.14 bits per heavy atom. The second-order valence-electron chi connectivity index (χ2n) is 7.74. The molecule has 2 heterocycles. The van der Waals surface area contributed by atoms with E-state index in [-0.39, 0.29) is 17.9 Å². The zero-order valence-corrected chi connectivity index (χ0v) is 16.8. The van der Waals surface area contributed by atoms with Crippen LogP contribution in [-0.4, -0.2) is 0 Å². The number of nitrogens with one attached hydrogen (secondary N) is 2. The lowest BCUT2D eigenvalue weighted by Crippen LogP contribution is -2.31. The molecule has 0 aliphatic carbocycles. The van der Waals surface area contributed by atoms with Crippen molar-refractivity contribution in [2.24, 2.45) is 0 Å². The third kappa shape index (κ3) is 2.96. The van der Waals surface area contributed by atoms with Crippen LogP contribution in [0, 0.1) is 0 Å². The number of benzene rings is 3. The van der Waals surface area contributed by atoms with Gasteiger partial charge in [0.15, 0.2) is 0 Å². The van der Waals surface area contributed by atoms with Crippen LogP contribution in [0.15, 0.2) is 72.8 Å². The van der Waals surface area contributed by atoms with E-state index in [0.29, 0.717) is 0 Å². The highest BCUT2D eigenvalue weighted by molar-refractivity contribution is 5.58. The lowest BCUT2D eigenvalue weighted by atomic mass is 9.68. The van der Waals surface area contributed by atoms with Crippen LogP contribution in [0.5, 0.6) is 11.5 Å². The first-order chi connectivity index (χ1) is 14.2. The van der Waals surface area contributed by atoms with Crippen LogP contribution in [-0.2, 0) is 10.2 Å². The molecule has 29 heavy (non-hydrogen) atoms. The van der Waals surface area contributed by atoms with Gasteiger partial charge in [0.2, 0.25) is 0 Å². The van der Waals surface area contributed by atoms with Gasteiger partial charge in [-0.3, -0.25) is 0 Å². The molecule has 2 aliphatic rings. The first-order valence-electron chi connectivity index (χ1n) is 10.4. The van der Waals surface area contributed by atoms with Crippen molar-refractivity contribution >= 4 is 0 Å². The summed E-state index contributed by atoms with van der Waals surface area (Å²) in [4.78, 5) is 0. The molecule has 0 radical (unpaired) electrons. The summed E-state index contributed by atoms with van der Waals surface area (Å²) in [5, 5.41) is 0. The van der Waals surface area contributed by atoms with E-state index in [4.69, 9.17) is 9.47 Å². The van der Waals surface area contributed by atoms with Crippen LogP contribution in [0.2, 0.25) is 0 Å². The molecule has 148 valence electrons. The predicted molar refractivity (Wildman–Crippen MR) is 114 cm³/mol. The fourth-order valence-corrected chi connectivity index (χ4v) is 4.71. The molecule has 0 bridgehead atoms. The first-order valence-corrected chi connectivity index (χ1v) is 10.4. The van der Waals surface area contributed by atoms with Gasteiger partial charge in [-0.1, -0.05) is 68.4 Å². The molecule has 4 heteroatoms. The van der Waals surface area contributed by atoms with Gasteiger partial charge in [0.05, 0.1) is 0 Å². The van der Waals surface area contributed by atoms with Crippen molar-refractivity contribution < 1.29 is 9.47 Å². The predicted octanol–water partition coefficient (Wildman–Crippen LogP) is 5.72. The Labute approximate surface area is 171 Å². The van der Waals surface area contributed by atoms with Gasteiger partial charge in [0.25, 0.3) is 0 Å². The molecule has 0 spiro atoms. The molecular weight excluding hydrogens is 360 g/mol. The fraction of sp³-hybridized carbons (Fsp3) is 0.280. The molecule has 0 aromatic heterocycles. The number of fused-ring (bicyclic) bond motifs is 2. The van der Waals surface area contributed by atoms with E-state index in [9.17, 15) is 0 Å². The Morgan fingerprint density at radius 2 is 1.38 bits per heavy atom. The van der Waals surface area contributed by atoms with Crippen molar-refractivity contribution in [1.82, 2.24) is 10.9 Å². The van der Waals surface area contributed by atoms with E-state index in [0.717, 1.165) is 35.5 Å². The normalized spacial score (nSPS) is 21.9. The monoisotopic (exact) mass is 386 g/mol. The largest absolute Gasteiger partial charge is 0.457 e. The van der Waals surface area contributed by atoms with Crippen molar-refractivity contribution in [3.8, 4) is 11.5 Å². The third-order valence-electron chi connectivity index (χ3n) is 6.37. The number of hydrogen-bond donors (Lipinski definition) is 2. The molecule has 3 aromatic rings. The van der Waals surface area contributed by atoms with E-state index in [1.807, 2.05) is 24.3 Å². The van der Waals surface area contributed by atoms with Crippen molar-refractivity contribution in [3.63, 3.8) is 0 Å². The number of hydrazine groups is 1. The summed E-state index contributed by atoms with van der Waals surface area (Å²) in [5.41, 5.74) is 11.2. The number of hydrogen-bond acceptors (Lipinski definition) is 4. The zero-order chi connectivity index (χ0) is 19.8. The lowest BCUT2D eigenvalue weighted by Gasteiger charge is -2.39. The van der Waals surface area contributed by atoms with Crippen molar-refractivity contribution in [2.75, 3.05) is 0 Å². The minimum absolute atomic E-state index is 0.0505. The maximum atomic E-state index is 6.27. The lowest BCUT2D eigenvalue weighted by molar-refractivity contribution is 0.0340. The smallest absolute Gasteiger partial charge is 0.149 e. The Bertz CT molecular complexity index is 1010. The average molecular weight is 386 g/mol. The molecule has 1 saturated heterocycles. The highest BCUT2D eigenvalue weighted by Gasteiger charge is 2.40. The number of rotatable bonds is 4. The molecular formula is C25H26N2O2. The second kappa shape index (κ2) is 7.30. The van der Waals surface area contributed by atoms with E-state index < -0.39 is 0 Å². The van der Waals surface area contributed by atoms with Crippen molar-refractivity contribution in [2.45, 2.75) is 44.6 Å². The number of para-hydroxylation sites is 1. The molecule has 0 amide bonds. The van der Waals surface area contributed by atoms with Crippen molar-refractivity contribution in [1.29, 1.82) is 0 Å². The highest BCUT2D eigenvalue weighted by atomic mass is 16.5. The summed E-state index contributed by atoms with van der Waals surface area (Å²) in [6, 6.07) is 25.1. The average Bonchev–Trinajstić information content (AvgIpc) is 3.28. The highest BCUT2D eigenvalue weighted by Crippen LogP contribution is 2.52. The second-order valence-corrected chi connectivity index (χ2v) is 7.74. The van der Waals surface area contributed by atoms with Gasteiger partial charge in [0.1, 0.15) is 24.0 Å². The van der Waals surface area contributed by atoms with Gasteiger partial charge in [0, 0.05) is 16.5 Å². The van der Waals surface area contributed by atoms with Gasteiger partial charge in [-0.15, -0.1) is 0 Å². The van der Waals surface area contributed by atoms with E-state index in [1.54, 1.807) is 0 Å². The van der Waals surface area contributed by atoms with E-state index in [1.165, 1.54) is 11.1 Å². The van der Waals surface area contributed by atoms with Crippen LogP contribution in [0.25, 0.3) is 0 Å². The SMILES string of the molecule is CCC1(CC)c2ccccc2Oc2ccc(C3NNC(c4ccccc4)O3)cc21. The van der Waals surface area contributed by atoms with Crippen LogP contribution in [0.3, 0.4) is 0 Å². The van der Waals surface area contributed by atoms with Gasteiger partial charge in [-0.05, 0) is 42.2 Å². The first kappa shape index (κ1) is 18.4. The summed E-state index contributed by atoms with van der Waals surface area (Å²) < 4.78 is 12.5. The molecule has 2 N–H and O–H groups in total. The summed E-state index contributed by atoms with van der Waals surface area (Å²) >= 11 is 0. The molecule has 2 aliphatic heterocycles. The Morgan fingerprint density at radius 1 is 0.724 bits per heavy atom. The summed E-state index contributed by atoms with van der Waals surface area (Å²) in [7, 11) is 0. The minimum atomic E-state index is -0.214. The van der Waals surface area contributed by atoms with Gasteiger partial charge in [-0.2, -0.15) is 0 Å². The summed E-state index contributed by atoms with van der Waals surface area (Å²) in [6.07, 6.45) is 1.65. The maximum absolute atomic E-state index is 6.27. The number of ether oxygens (including phenoxy) is 2. The quantitative estimate of drug-likeness (QED) is 0.602. The molecule has 2 unspecified atom stereocenters. The van der Waals surface area contributed by atoms with Crippen LogP contribution >= 0.6 is 0 Å². The van der Waals surface area contributed by atoms with E-state index in [2.05, 4.69) is 73.2 Å². The molecule has 2 atom stereocenters. The van der Waals surface area contributed by atoms with Crippen LogP contribution in [0.1, 0.15) is 61.4 Å². The maximum Gasteiger partial charge on any atom is 0.149 e. The topological polar surface area (TPSA) is 42.5 Å². The van der Waals surface area contributed by atoms with Gasteiger partial charge >= 0.3 is 0 Å². The van der Waals surface area contributed by atoms with E-state index >= 15 is 0 Å². The molecule has 5 rings (SSSR count). The van der Waals surface area contributed by atoms with Crippen LogP contribution in [0.4, 0.5) is 0 Å². The van der Waals surface area contributed by atoms with Gasteiger partial charge in [-0.25, -0.2) is 10.9 Å². The molecule has 4 nitrogen and oxygen atoms in total. The fourth-order valence-electron chi connectivity index (χ4n) is 4.71. The Balaban J connectivity index is 1.50. The summed E-state index contributed by atoms with van der Waals surface area (Å²) in [6.45, 7) is 4.53. The standard InChI is InChI=1S/C25H26N2O2/c1-3-25(4-2)19-12-8-9-13-21(19)28-22-15-14-18(16-20(22)25)24-27-26-23(29-24)17-10-6-5-7-11-17/h5-16,23-24,26-27H,3-4H2,1-2H3. The minimum Gasteiger partial charge on any atom is -0.457 e. The summed E-state index contributed by atoms with van der Waals surface area (Å²) in [5.74, 6) is 1.92. The van der Waals surface area contributed by atoms with Crippen molar-refractivity contribution in [3.05, 3.63) is 95.1 Å². The Hall–Kier alpha value is -2.66. The molecule has 3 aromatic carbocycles. The zero-order valence-electron chi connectivity index (χ0n) is 16.8. The van der Waals surface area contributed by atoms with Gasteiger partial charge < -0.3 is 9.47 Å². The third-order valence-corrected chi connectivity index (χ3v) is 6.37.